The first-order chi connectivity index (χ1) is 21.2. The topological polar surface area (TPSA) is 108 Å². The third kappa shape index (κ3) is 20.2. The third-order valence-corrected chi connectivity index (χ3v) is 15.2. The van der Waals surface area contributed by atoms with Gasteiger partial charge in [-0.1, -0.05) is 13.8 Å². The number of hydrogen-bond acceptors (Lipinski definition) is 12. The quantitative estimate of drug-likeness (QED) is 0.0449. The van der Waals surface area contributed by atoms with Gasteiger partial charge in [0, 0.05) is 63.2 Å². The lowest BCUT2D eigenvalue weighted by Gasteiger charge is -2.28. The Hall–Kier alpha value is -0.166. The fraction of sp³-hybridized carbons (Fsp3) is 0.933. The Morgan fingerprint density at radius 2 is 0.818 bits per heavy atom. The van der Waals surface area contributed by atoms with Crippen molar-refractivity contribution < 1.29 is 45.6 Å². The zero-order valence-corrected chi connectivity index (χ0v) is 32.4. The van der Waals surface area contributed by atoms with Gasteiger partial charge >= 0.3 is 29.5 Å². The lowest BCUT2D eigenvalue weighted by Crippen LogP contribution is -2.46. The van der Waals surface area contributed by atoms with Gasteiger partial charge in [-0.05, 0) is 78.7 Å². The highest BCUT2D eigenvalue weighted by Gasteiger charge is 2.40. The minimum absolute atomic E-state index is 0.180. The van der Waals surface area contributed by atoms with Crippen LogP contribution in [0, 0.1) is 11.8 Å². The predicted octanol–water partition coefficient (Wildman–Crippen LogP) is 6.47. The van der Waals surface area contributed by atoms with Crippen molar-refractivity contribution in [3.05, 3.63) is 0 Å². The summed E-state index contributed by atoms with van der Waals surface area (Å²) < 4.78 is 46.3. The second kappa shape index (κ2) is 27.9. The van der Waals surface area contributed by atoms with E-state index in [-0.39, 0.29) is 23.8 Å². The molecule has 0 aromatic rings. The number of hydrogen-bond donors (Lipinski definition) is 0. The van der Waals surface area contributed by atoms with E-state index in [0.29, 0.717) is 77.2 Å². The largest absolute Gasteiger partial charge is 0.500 e. The second-order valence-corrected chi connectivity index (χ2v) is 17.9. The van der Waals surface area contributed by atoms with Crippen LogP contribution < -0.4 is 0 Å². The van der Waals surface area contributed by atoms with Gasteiger partial charge in [-0.2, -0.15) is 23.5 Å². The van der Waals surface area contributed by atoms with Gasteiger partial charge in [0.1, 0.15) is 0 Å². The monoisotopic (exact) mass is 702 g/mol. The SMILES string of the molecule is CCO[Si](CCCSCC(C)C(=O)OCCCCOC(=O)C(C)CSCCC[Si](OCC)(OCC)OCC)(OCC)OCC. The molecule has 0 N–H and O–H groups in total. The Labute approximate surface area is 278 Å². The minimum Gasteiger partial charge on any atom is -0.465 e. The molecule has 14 heteroatoms. The molecule has 0 aromatic heterocycles. The van der Waals surface area contributed by atoms with E-state index in [1.54, 1.807) is 23.5 Å². The van der Waals surface area contributed by atoms with Gasteiger partial charge in [0.15, 0.2) is 0 Å². The van der Waals surface area contributed by atoms with E-state index in [0.717, 1.165) is 36.4 Å². The van der Waals surface area contributed by atoms with Crippen LogP contribution in [-0.2, 0) is 45.6 Å². The highest BCUT2D eigenvalue weighted by molar-refractivity contribution is 7.99. The molecule has 0 saturated carbocycles. The standard InChI is InChI=1S/C30H62O10S2Si2/c1-9-35-43(36-10-2,37-11-3)23-17-21-41-25-27(7)29(31)33-19-15-16-20-34-30(32)28(8)26-42-22-18-24-44(38-12-4,39-13-5)40-14-6/h27-28H,9-26H2,1-8H3. The van der Waals surface area contributed by atoms with Crippen LogP contribution in [0.1, 0.15) is 81.1 Å². The summed E-state index contributed by atoms with van der Waals surface area (Å²) in [7, 11) is -5.21. The lowest BCUT2D eigenvalue weighted by atomic mass is 10.2. The number of thioether (sulfide) groups is 2. The fourth-order valence-corrected chi connectivity index (χ4v) is 12.0. The molecule has 0 fully saturated rings. The molecule has 0 amide bonds. The Balaban J connectivity index is 4.05. The van der Waals surface area contributed by atoms with Crippen molar-refractivity contribution in [3.8, 4) is 0 Å². The average Bonchev–Trinajstić information content (AvgIpc) is 2.99. The maximum atomic E-state index is 12.4. The average molecular weight is 703 g/mol. The molecule has 0 aliphatic heterocycles. The predicted molar refractivity (Wildman–Crippen MR) is 184 cm³/mol. The molecule has 0 aliphatic carbocycles. The van der Waals surface area contributed by atoms with Gasteiger partial charge in [0.25, 0.3) is 0 Å². The molecular weight excluding hydrogens is 641 g/mol. The van der Waals surface area contributed by atoms with Crippen molar-refractivity contribution in [1.82, 2.24) is 0 Å². The molecular formula is C30H62O10S2Si2. The maximum Gasteiger partial charge on any atom is 0.500 e. The fourth-order valence-electron chi connectivity index (χ4n) is 4.27. The molecule has 2 unspecified atom stereocenters. The van der Waals surface area contributed by atoms with E-state index in [2.05, 4.69) is 0 Å². The van der Waals surface area contributed by atoms with Gasteiger partial charge in [-0.25, -0.2) is 0 Å². The summed E-state index contributed by atoms with van der Waals surface area (Å²) >= 11 is 3.47. The van der Waals surface area contributed by atoms with E-state index in [9.17, 15) is 9.59 Å². The second-order valence-electron chi connectivity index (χ2n) is 10.2. The van der Waals surface area contributed by atoms with Gasteiger partial charge in [0.2, 0.25) is 0 Å². The summed E-state index contributed by atoms with van der Waals surface area (Å²) in [6.07, 6.45) is 3.14. The molecule has 262 valence electrons. The summed E-state index contributed by atoms with van der Waals surface area (Å²) in [5, 5.41) is 0. The number of ether oxygens (including phenoxy) is 2. The maximum absolute atomic E-state index is 12.4. The third-order valence-electron chi connectivity index (χ3n) is 6.30. The Morgan fingerprint density at radius 3 is 1.09 bits per heavy atom. The number of esters is 2. The normalized spacial score (nSPS) is 13.5. The van der Waals surface area contributed by atoms with Gasteiger partial charge < -0.3 is 36.0 Å². The van der Waals surface area contributed by atoms with Crippen molar-refractivity contribution >= 4 is 53.1 Å². The van der Waals surface area contributed by atoms with Crippen LogP contribution in [0.25, 0.3) is 0 Å². The first kappa shape index (κ1) is 43.8. The Kier molecular flexibility index (Phi) is 27.8. The Bertz CT molecular complexity index is 631. The highest BCUT2D eigenvalue weighted by atomic mass is 32.2. The van der Waals surface area contributed by atoms with Crippen LogP contribution in [0.5, 0.6) is 0 Å². The van der Waals surface area contributed by atoms with E-state index in [1.807, 2.05) is 55.4 Å². The summed E-state index contributed by atoms with van der Waals surface area (Å²) in [5.41, 5.74) is 0. The van der Waals surface area contributed by atoms with Crippen LogP contribution >= 0.6 is 23.5 Å². The van der Waals surface area contributed by atoms with E-state index >= 15 is 0 Å². The number of carbonyl (C=O) groups is 2. The molecule has 10 nitrogen and oxygen atoms in total. The summed E-state index contributed by atoms with van der Waals surface area (Å²) in [4.78, 5) is 24.7. The van der Waals surface area contributed by atoms with Crippen molar-refractivity contribution in [2.24, 2.45) is 11.8 Å². The number of rotatable bonds is 31. The number of carbonyl (C=O) groups excluding carboxylic acids is 2. The number of unbranched alkanes of at least 4 members (excludes halogenated alkanes) is 1. The van der Waals surface area contributed by atoms with Crippen molar-refractivity contribution in [3.63, 3.8) is 0 Å². The van der Waals surface area contributed by atoms with Crippen molar-refractivity contribution in [2.45, 2.75) is 93.2 Å². The summed E-state index contributed by atoms with van der Waals surface area (Å²) in [5.74, 6) is 2.47. The molecule has 0 aliphatic rings. The molecule has 0 heterocycles. The first-order valence-corrected chi connectivity index (χ1v) is 22.7. The van der Waals surface area contributed by atoms with Gasteiger partial charge in [0.05, 0.1) is 25.0 Å². The molecule has 0 rings (SSSR count). The molecule has 0 radical (unpaired) electrons. The minimum atomic E-state index is -2.61. The van der Waals surface area contributed by atoms with Gasteiger partial charge in [-0.15, -0.1) is 0 Å². The molecule has 0 aromatic carbocycles. The van der Waals surface area contributed by atoms with E-state index in [4.69, 9.17) is 36.0 Å². The van der Waals surface area contributed by atoms with Crippen LogP contribution in [0.3, 0.4) is 0 Å². The summed E-state index contributed by atoms with van der Waals surface area (Å²) in [6, 6.07) is 1.55. The lowest BCUT2D eigenvalue weighted by molar-refractivity contribution is -0.149. The highest BCUT2D eigenvalue weighted by Crippen LogP contribution is 2.22. The molecule has 0 spiro atoms. The smallest absolute Gasteiger partial charge is 0.465 e. The van der Waals surface area contributed by atoms with Crippen LogP contribution in [0.15, 0.2) is 0 Å². The molecule has 0 saturated heterocycles. The molecule has 2 atom stereocenters. The van der Waals surface area contributed by atoms with Gasteiger partial charge in [-0.3, -0.25) is 9.59 Å². The van der Waals surface area contributed by atoms with Crippen LogP contribution in [0.4, 0.5) is 0 Å². The zero-order valence-electron chi connectivity index (χ0n) is 28.8. The van der Waals surface area contributed by atoms with E-state index in [1.165, 1.54) is 0 Å². The Morgan fingerprint density at radius 1 is 0.523 bits per heavy atom. The van der Waals surface area contributed by atoms with Crippen LogP contribution in [0.2, 0.25) is 12.1 Å². The molecule has 44 heavy (non-hydrogen) atoms. The van der Waals surface area contributed by atoms with Crippen LogP contribution in [-0.4, -0.2) is 105 Å². The summed E-state index contributed by atoms with van der Waals surface area (Å²) in [6.45, 7) is 19.7. The van der Waals surface area contributed by atoms with Crippen molar-refractivity contribution in [2.75, 3.05) is 75.9 Å². The molecule has 0 bridgehead atoms. The van der Waals surface area contributed by atoms with Crippen molar-refractivity contribution in [1.29, 1.82) is 0 Å². The van der Waals surface area contributed by atoms with E-state index < -0.39 is 17.6 Å². The zero-order chi connectivity index (χ0) is 33.1. The first-order valence-electron chi connectivity index (χ1n) is 16.5.